The summed E-state index contributed by atoms with van der Waals surface area (Å²) in [5, 5.41) is 19.1. The molecule has 0 unspecified atom stereocenters. The number of nitrogens with zero attached hydrogens (tertiary/aromatic N) is 1. The van der Waals surface area contributed by atoms with Gasteiger partial charge in [-0.3, -0.25) is 4.79 Å². The molecule has 1 heterocycles. The number of aromatic nitrogens is 1. The standard InChI is InChI=1S/C15H12N2O5/c1-17(2)7-3-4-9-11(5-7)22-14-12(16-9)8(15(20)21)6-10(18)13(14)19/h3-6,19H,1-2H3,(H,20,21)/p+1. The monoisotopic (exact) mass is 301 g/mol. The van der Waals surface area contributed by atoms with Crippen LogP contribution in [-0.2, 0) is 0 Å². The van der Waals surface area contributed by atoms with Crippen LogP contribution in [0, 0.1) is 0 Å². The fourth-order valence-corrected chi connectivity index (χ4v) is 2.24. The van der Waals surface area contributed by atoms with Gasteiger partial charge in [0.05, 0.1) is 0 Å². The highest BCUT2D eigenvalue weighted by molar-refractivity contribution is 5.95. The van der Waals surface area contributed by atoms with E-state index >= 15 is 0 Å². The average Bonchev–Trinajstić information content (AvgIpc) is 2.48. The third-order valence-corrected chi connectivity index (χ3v) is 3.40. The maximum Gasteiger partial charge on any atom is 0.342 e. The minimum atomic E-state index is -1.28. The van der Waals surface area contributed by atoms with E-state index in [4.69, 9.17) is 4.42 Å². The van der Waals surface area contributed by atoms with E-state index in [0.717, 1.165) is 11.8 Å². The lowest BCUT2D eigenvalue weighted by Crippen LogP contribution is -2.19. The van der Waals surface area contributed by atoms with Crippen molar-refractivity contribution in [3.05, 3.63) is 40.1 Å². The molecule has 1 aromatic carbocycles. The van der Waals surface area contributed by atoms with Crippen molar-refractivity contribution in [2.45, 2.75) is 0 Å². The minimum Gasteiger partial charge on any atom is -0.501 e. The smallest absolute Gasteiger partial charge is 0.342 e. The van der Waals surface area contributed by atoms with Crippen LogP contribution in [0.4, 0.5) is 5.69 Å². The first-order valence-corrected chi connectivity index (χ1v) is 6.45. The van der Waals surface area contributed by atoms with Crippen LogP contribution in [0.15, 0.2) is 33.5 Å². The second-order valence-electron chi connectivity index (χ2n) is 5.08. The van der Waals surface area contributed by atoms with Gasteiger partial charge in [0.1, 0.15) is 5.56 Å². The zero-order valence-electron chi connectivity index (χ0n) is 11.9. The number of carboxylic acids is 1. The van der Waals surface area contributed by atoms with Gasteiger partial charge in [-0.15, -0.1) is 0 Å². The second-order valence-corrected chi connectivity index (χ2v) is 5.08. The van der Waals surface area contributed by atoms with Crippen molar-refractivity contribution in [3.8, 4) is 17.2 Å². The molecule has 1 aromatic rings. The molecule has 0 amide bonds. The van der Waals surface area contributed by atoms with E-state index in [1.54, 1.807) is 12.1 Å². The largest absolute Gasteiger partial charge is 0.501 e. The highest BCUT2D eigenvalue weighted by atomic mass is 16.4. The first-order chi connectivity index (χ1) is 10.4. The van der Waals surface area contributed by atoms with Crippen LogP contribution in [0.25, 0.3) is 22.6 Å². The molecule has 0 spiro atoms. The SMILES string of the molecule is CN(C)c1ccc2[nH+]c3c(C(=O)O)cc(=O)c(O)c-3oc2c1. The number of H-pyrrole nitrogens is 1. The van der Waals surface area contributed by atoms with Crippen LogP contribution in [0.1, 0.15) is 10.4 Å². The molecule has 3 rings (SSSR count). The predicted molar refractivity (Wildman–Crippen MR) is 78.6 cm³/mol. The Kier molecular flexibility index (Phi) is 2.98. The number of phenolic OH excluding ortho intramolecular Hbond substituents is 1. The van der Waals surface area contributed by atoms with E-state index < -0.39 is 17.1 Å². The van der Waals surface area contributed by atoms with Crippen molar-refractivity contribution in [3.63, 3.8) is 0 Å². The number of hydrogen-bond donors (Lipinski definition) is 2. The first-order valence-electron chi connectivity index (χ1n) is 6.45. The zero-order valence-corrected chi connectivity index (χ0v) is 11.9. The topological polar surface area (TPSA) is 105 Å². The number of carboxylic acid groups (broad SMARTS) is 1. The number of aromatic amines is 1. The molecule has 0 saturated carbocycles. The Morgan fingerprint density at radius 1 is 1.27 bits per heavy atom. The van der Waals surface area contributed by atoms with Gasteiger partial charge >= 0.3 is 5.97 Å². The maximum atomic E-state index is 11.7. The predicted octanol–water partition coefficient (Wildman–Crippen LogP) is 1.18. The number of benzene rings is 2. The summed E-state index contributed by atoms with van der Waals surface area (Å²) in [6.07, 6.45) is 0. The number of fused-ring (bicyclic) bond motifs is 2. The van der Waals surface area contributed by atoms with Crippen LogP contribution in [-0.4, -0.2) is 30.3 Å². The van der Waals surface area contributed by atoms with E-state index in [9.17, 15) is 19.8 Å². The van der Waals surface area contributed by atoms with E-state index in [2.05, 4.69) is 4.98 Å². The number of phenols is 1. The fourth-order valence-electron chi connectivity index (χ4n) is 2.24. The molecule has 0 radical (unpaired) electrons. The Bertz CT molecular complexity index is 929. The van der Waals surface area contributed by atoms with Gasteiger partial charge in [-0.25, -0.2) is 4.79 Å². The molecule has 0 saturated heterocycles. The lowest BCUT2D eigenvalue weighted by Gasteiger charge is -2.12. The summed E-state index contributed by atoms with van der Waals surface area (Å²) in [6, 6.07) is 6.17. The van der Waals surface area contributed by atoms with Crippen molar-refractivity contribution in [2.24, 2.45) is 0 Å². The molecule has 22 heavy (non-hydrogen) atoms. The van der Waals surface area contributed by atoms with E-state index in [-0.39, 0.29) is 17.0 Å². The summed E-state index contributed by atoms with van der Waals surface area (Å²) in [7, 11) is 3.73. The van der Waals surface area contributed by atoms with E-state index in [1.165, 1.54) is 0 Å². The molecule has 0 aromatic heterocycles. The van der Waals surface area contributed by atoms with Crippen molar-refractivity contribution >= 4 is 22.8 Å². The van der Waals surface area contributed by atoms with E-state index in [1.807, 2.05) is 25.1 Å². The molecular weight excluding hydrogens is 288 g/mol. The third-order valence-electron chi connectivity index (χ3n) is 3.40. The first kappa shape index (κ1) is 13.9. The molecule has 112 valence electrons. The molecule has 0 bridgehead atoms. The second kappa shape index (κ2) is 4.73. The minimum absolute atomic E-state index is 0.0645. The molecule has 3 N–H and O–H groups in total. The molecule has 7 heteroatoms. The van der Waals surface area contributed by atoms with Gasteiger partial charge < -0.3 is 19.5 Å². The molecule has 1 aliphatic carbocycles. The van der Waals surface area contributed by atoms with Crippen LogP contribution in [0.3, 0.4) is 0 Å². The van der Waals surface area contributed by atoms with Gasteiger partial charge in [-0.05, 0) is 6.07 Å². The zero-order chi connectivity index (χ0) is 16.0. The molecule has 0 fully saturated rings. The number of aromatic hydroxyl groups is 1. The van der Waals surface area contributed by atoms with Crippen molar-refractivity contribution in [2.75, 3.05) is 19.0 Å². The van der Waals surface area contributed by atoms with Crippen molar-refractivity contribution in [1.29, 1.82) is 0 Å². The van der Waals surface area contributed by atoms with Crippen LogP contribution >= 0.6 is 0 Å². The number of hydrogen-bond acceptors (Lipinski definition) is 5. The molecule has 0 atom stereocenters. The summed E-state index contributed by atoms with van der Waals surface area (Å²) in [5.74, 6) is -2.07. The summed E-state index contributed by atoms with van der Waals surface area (Å²) in [4.78, 5) is 27.7. The third kappa shape index (κ3) is 2.03. The quantitative estimate of drug-likeness (QED) is 0.689. The van der Waals surface area contributed by atoms with Crippen LogP contribution < -0.4 is 15.3 Å². The Balaban J connectivity index is 2.43. The molecular formula is C15H13N2O5+. The van der Waals surface area contributed by atoms with Gasteiger partial charge in [0.2, 0.25) is 28.0 Å². The normalized spacial score (nSPS) is 11.0. The lowest BCUT2D eigenvalue weighted by atomic mass is 10.1. The number of rotatable bonds is 2. The van der Waals surface area contributed by atoms with Gasteiger partial charge in [-0.1, -0.05) is 0 Å². The summed E-state index contributed by atoms with van der Waals surface area (Å²) in [5.41, 5.74) is 0.829. The number of carbonyl (C=O) groups is 1. The molecule has 1 aliphatic heterocycles. The Hall–Kier alpha value is -3.09. The highest BCUT2D eigenvalue weighted by Gasteiger charge is 2.29. The van der Waals surface area contributed by atoms with Gasteiger partial charge in [0, 0.05) is 38.0 Å². The van der Waals surface area contributed by atoms with Gasteiger partial charge in [0.15, 0.2) is 0 Å². The van der Waals surface area contributed by atoms with Crippen molar-refractivity contribution in [1.82, 2.24) is 0 Å². The number of anilines is 1. The summed E-state index contributed by atoms with van der Waals surface area (Å²) >= 11 is 0. The summed E-state index contributed by atoms with van der Waals surface area (Å²) < 4.78 is 5.57. The van der Waals surface area contributed by atoms with Crippen LogP contribution in [0.2, 0.25) is 0 Å². The highest BCUT2D eigenvalue weighted by Crippen LogP contribution is 2.31. The van der Waals surface area contributed by atoms with Gasteiger partial charge in [0.25, 0.3) is 5.69 Å². The average molecular weight is 301 g/mol. The Morgan fingerprint density at radius 3 is 2.64 bits per heavy atom. The number of nitrogens with one attached hydrogen (secondary N) is 1. The maximum absolute atomic E-state index is 11.7. The van der Waals surface area contributed by atoms with Gasteiger partial charge in [-0.2, -0.15) is 4.98 Å². The number of aromatic carboxylic acids is 1. The van der Waals surface area contributed by atoms with Crippen molar-refractivity contribution < 1.29 is 24.4 Å². The summed E-state index contributed by atoms with van der Waals surface area (Å²) in [6.45, 7) is 0. The molecule has 2 aliphatic rings. The van der Waals surface area contributed by atoms with E-state index in [0.29, 0.717) is 11.1 Å². The Labute approximate surface area is 124 Å². The molecule has 7 nitrogen and oxygen atoms in total. The fraction of sp³-hybridized carbons (Fsp3) is 0.133. The lowest BCUT2D eigenvalue weighted by molar-refractivity contribution is -0.334. The Morgan fingerprint density at radius 2 is 2.00 bits per heavy atom. The van der Waals surface area contributed by atoms with Crippen LogP contribution in [0.5, 0.6) is 5.75 Å².